The molecular weight excluding hydrogens is 326 g/mol. The predicted molar refractivity (Wildman–Crippen MR) is 106 cm³/mol. The molecule has 2 aromatic heterocycles. The lowest BCUT2D eigenvalue weighted by molar-refractivity contribution is 0.373. The molecular formula is C19H31N7. The van der Waals surface area contributed by atoms with E-state index >= 15 is 0 Å². The van der Waals surface area contributed by atoms with Crippen molar-refractivity contribution in [2.24, 2.45) is 0 Å². The molecule has 1 aliphatic rings. The van der Waals surface area contributed by atoms with Crippen LogP contribution in [0, 0.1) is 0 Å². The molecule has 0 aliphatic carbocycles. The van der Waals surface area contributed by atoms with Crippen LogP contribution in [-0.2, 0) is 6.54 Å². The molecule has 2 aromatic rings. The average molecular weight is 358 g/mol. The Morgan fingerprint density at radius 3 is 2.81 bits per heavy atom. The van der Waals surface area contributed by atoms with Gasteiger partial charge in [-0.1, -0.05) is 0 Å². The number of aromatic nitrogens is 4. The molecule has 0 saturated carbocycles. The van der Waals surface area contributed by atoms with Gasteiger partial charge in [0.2, 0.25) is 5.95 Å². The van der Waals surface area contributed by atoms with E-state index in [9.17, 15) is 0 Å². The lowest BCUT2D eigenvalue weighted by atomic mass is 9.97. The van der Waals surface area contributed by atoms with Gasteiger partial charge >= 0.3 is 0 Å². The molecule has 0 spiro atoms. The van der Waals surface area contributed by atoms with Crippen LogP contribution in [0.5, 0.6) is 0 Å². The van der Waals surface area contributed by atoms with E-state index in [-0.39, 0.29) is 0 Å². The SMILES string of the molecule is CCN(C)c1ccnc(N2CCC[C@@H](c3nccn3CCN(C)C)C2)n1. The first-order chi connectivity index (χ1) is 12.6. The molecule has 0 unspecified atom stereocenters. The normalized spacial score (nSPS) is 17.7. The Morgan fingerprint density at radius 2 is 2.04 bits per heavy atom. The van der Waals surface area contributed by atoms with Crippen molar-refractivity contribution in [2.45, 2.75) is 32.2 Å². The van der Waals surface area contributed by atoms with E-state index in [2.05, 4.69) is 63.5 Å². The number of likely N-dealkylation sites (N-methyl/N-ethyl adjacent to an activating group) is 1. The minimum Gasteiger partial charge on any atom is -0.360 e. The molecule has 3 heterocycles. The summed E-state index contributed by atoms with van der Waals surface area (Å²) in [5.41, 5.74) is 0. The highest BCUT2D eigenvalue weighted by Gasteiger charge is 2.26. The van der Waals surface area contributed by atoms with Crippen LogP contribution in [0.25, 0.3) is 0 Å². The van der Waals surface area contributed by atoms with Crippen LogP contribution in [0.1, 0.15) is 31.5 Å². The van der Waals surface area contributed by atoms with Crippen LogP contribution in [0.3, 0.4) is 0 Å². The van der Waals surface area contributed by atoms with Gasteiger partial charge in [-0.2, -0.15) is 4.98 Å². The van der Waals surface area contributed by atoms with E-state index in [1.165, 1.54) is 12.2 Å². The Hall–Kier alpha value is -2.15. The molecule has 142 valence electrons. The quantitative estimate of drug-likeness (QED) is 0.756. The lowest BCUT2D eigenvalue weighted by Crippen LogP contribution is -2.37. The highest BCUT2D eigenvalue weighted by molar-refractivity contribution is 5.43. The van der Waals surface area contributed by atoms with Gasteiger partial charge in [0.05, 0.1) is 0 Å². The maximum Gasteiger partial charge on any atom is 0.227 e. The van der Waals surface area contributed by atoms with E-state index in [1.807, 2.05) is 18.5 Å². The first kappa shape index (κ1) is 18.6. The zero-order valence-electron chi connectivity index (χ0n) is 16.5. The maximum absolute atomic E-state index is 4.77. The molecule has 7 nitrogen and oxygen atoms in total. The first-order valence-electron chi connectivity index (χ1n) is 9.53. The van der Waals surface area contributed by atoms with E-state index < -0.39 is 0 Å². The van der Waals surface area contributed by atoms with Crippen molar-refractivity contribution in [3.63, 3.8) is 0 Å². The van der Waals surface area contributed by atoms with Gasteiger partial charge in [0.15, 0.2) is 0 Å². The molecule has 3 rings (SSSR count). The summed E-state index contributed by atoms with van der Waals surface area (Å²) in [6.45, 7) is 7.00. The maximum atomic E-state index is 4.77. The average Bonchev–Trinajstić information content (AvgIpc) is 3.14. The van der Waals surface area contributed by atoms with Crippen LogP contribution in [0.15, 0.2) is 24.7 Å². The van der Waals surface area contributed by atoms with Gasteiger partial charge in [0.25, 0.3) is 0 Å². The van der Waals surface area contributed by atoms with Gasteiger partial charge in [-0.25, -0.2) is 9.97 Å². The minimum atomic E-state index is 0.428. The fourth-order valence-electron chi connectivity index (χ4n) is 3.41. The Balaban J connectivity index is 1.73. The third kappa shape index (κ3) is 4.33. The Morgan fingerprint density at radius 1 is 1.19 bits per heavy atom. The summed E-state index contributed by atoms with van der Waals surface area (Å²) in [7, 11) is 6.28. The number of nitrogens with zero attached hydrogens (tertiary/aromatic N) is 7. The minimum absolute atomic E-state index is 0.428. The van der Waals surface area contributed by atoms with Crippen LogP contribution < -0.4 is 9.80 Å². The van der Waals surface area contributed by atoms with E-state index in [0.29, 0.717) is 5.92 Å². The zero-order chi connectivity index (χ0) is 18.5. The van der Waals surface area contributed by atoms with Crippen LogP contribution >= 0.6 is 0 Å². The topological polar surface area (TPSA) is 53.3 Å². The van der Waals surface area contributed by atoms with Crippen molar-refractivity contribution >= 4 is 11.8 Å². The van der Waals surface area contributed by atoms with Gasteiger partial charge in [0.1, 0.15) is 11.6 Å². The van der Waals surface area contributed by atoms with Gasteiger partial charge < -0.3 is 19.3 Å². The standard InChI is InChI=1S/C19H31N7/c1-5-24(4)17-8-9-21-19(22-17)26-11-6-7-16(15-26)18-20-10-12-25(18)14-13-23(2)3/h8-10,12,16H,5-7,11,13-15H2,1-4H3/t16-/m1/s1. The summed E-state index contributed by atoms with van der Waals surface area (Å²) >= 11 is 0. The second-order valence-electron chi connectivity index (χ2n) is 7.30. The number of anilines is 2. The second-order valence-corrected chi connectivity index (χ2v) is 7.30. The zero-order valence-corrected chi connectivity index (χ0v) is 16.5. The molecule has 0 bridgehead atoms. The van der Waals surface area contributed by atoms with E-state index in [1.54, 1.807) is 0 Å². The van der Waals surface area contributed by atoms with Crippen molar-refractivity contribution in [3.05, 3.63) is 30.5 Å². The smallest absolute Gasteiger partial charge is 0.227 e. The summed E-state index contributed by atoms with van der Waals surface area (Å²) in [5, 5.41) is 0. The molecule has 0 amide bonds. The van der Waals surface area contributed by atoms with Crippen molar-refractivity contribution < 1.29 is 0 Å². The second kappa shape index (κ2) is 8.49. The van der Waals surface area contributed by atoms with Gasteiger partial charge in [-0.15, -0.1) is 0 Å². The molecule has 1 saturated heterocycles. The monoisotopic (exact) mass is 357 g/mol. The van der Waals surface area contributed by atoms with Crippen molar-refractivity contribution in [2.75, 3.05) is 57.1 Å². The predicted octanol–water partition coefficient (Wildman–Crippen LogP) is 2.07. The van der Waals surface area contributed by atoms with E-state index in [0.717, 1.165) is 50.9 Å². The fourth-order valence-corrected chi connectivity index (χ4v) is 3.41. The number of rotatable bonds is 7. The molecule has 0 N–H and O–H groups in total. The number of imidazole rings is 1. The highest BCUT2D eigenvalue weighted by Crippen LogP contribution is 2.28. The Bertz CT molecular complexity index is 697. The molecule has 1 fully saturated rings. The number of piperidine rings is 1. The summed E-state index contributed by atoms with van der Waals surface area (Å²) < 4.78 is 2.30. The van der Waals surface area contributed by atoms with Gasteiger partial charge in [-0.3, -0.25) is 0 Å². The summed E-state index contributed by atoms with van der Waals surface area (Å²) in [6.07, 6.45) is 8.21. The molecule has 26 heavy (non-hydrogen) atoms. The molecule has 0 radical (unpaired) electrons. The Kier molecular flexibility index (Phi) is 6.08. The summed E-state index contributed by atoms with van der Waals surface area (Å²) in [6, 6.07) is 1.97. The number of hydrogen-bond donors (Lipinski definition) is 0. The van der Waals surface area contributed by atoms with Crippen LogP contribution in [0.4, 0.5) is 11.8 Å². The molecule has 0 aromatic carbocycles. The van der Waals surface area contributed by atoms with E-state index in [4.69, 9.17) is 4.98 Å². The molecule has 7 heteroatoms. The third-order valence-corrected chi connectivity index (χ3v) is 5.10. The summed E-state index contributed by atoms with van der Waals surface area (Å²) in [4.78, 5) is 20.6. The van der Waals surface area contributed by atoms with Crippen LogP contribution in [-0.4, -0.2) is 71.7 Å². The largest absolute Gasteiger partial charge is 0.360 e. The first-order valence-corrected chi connectivity index (χ1v) is 9.53. The van der Waals surface area contributed by atoms with Crippen molar-refractivity contribution in [1.29, 1.82) is 0 Å². The van der Waals surface area contributed by atoms with Crippen molar-refractivity contribution in [1.82, 2.24) is 24.4 Å². The van der Waals surface area contributed by atoms with Crippen molar-refractivity contribution in [3.8, 4) is 0 Å². The Labute approximate surface area is 156 Å². The summed E-state index contributed by atoms with van der Waals surface area (Å²) in [5.74, 6) is 3.43. The third-order valence-electron chi connectivity index (χ3n) is 5.10. The molecule has 1 atom stereocenters. The number of hydrogen-bond acceptors (Lipinski definition) is 6. The lowest BCUT2D eigenvalue weighted by Gasteiger charge is -2.33. The molecule has 1 aliphatic heterocycles. The van der Waals surface area contributed by atoms with Crippen LogP contribution in [0.2, 0.25) is 0 Å². The fraction of sp³-hybridized carbons (Fsp3) is 0.632. The van der Waals surface area contributed by atoms with Gasteiger partial charge in [-0.05, 0) is 39.9 Å². The highest BCUT2D eigenvalue weighted by atomic mass is 15.3. The van der Waals surface area contributed by atoms with Gasteiger partial charge in [0, 0.05) is 64.3 Å².